The Kier molecular flexibility index (Phi) is 4.98. The van der Waals surface area contributed by atoms with E-state index < -0.39 is 0 Å². The van der Waals surface area contributed by atoms with E-state index in [0.717, 1.165) is 36.2 Å². The second-order valence-electron chi connectivity index (χ2n) is 6.42. The van der Waals surface area contributed by atoms with Crippen molar-refractivity contribution in [2.75, 3.05) is 7.11 Å². The number of aromatic amines is 2. The van der Waals surface area contributed by atoms with Gasteiger partial charge in [0.15, 0.2) is 5.69 Å². The SMILES string of the molecule is CCc1[nH]nc(C(=O)NC2CC(c3cc(=O)[nH]c(COC)n3)C2)c1C. The van der Waals surface area contributed by atoms with Crippen LogP contribution in [-0.4, -0.2) is 39.2 Å². The summed E-state index contributed by atoms with van der Waals surface area (Å²) >= 11 is 0. The van der Waals surface area contributed by atoms with Crippen LogP contribution < -0.4 is 10.9 Å². The Morgan fingerprint density at radius 1 is 1.44 bits per heavy atom. The van der Waals surface area contributed by atoms with Crippen molar-refractivity contribution in [1.29, 1.82) is 0 Å². The van der Waals surface area contributed by atoms with Crippen molar-refractivity contribution >= 4 is 5.91 Å². The quantitative estimate of drug-likeness (QED) is 0.728. The number of hydrogen-bond acceptors (Lipinski definition) is 5. The molecule has 0 unspecified atom stereocenters. The average molecular weight is 345 g/mol. The minimum atomic E-state index is -0.177. The van der Waals surface area contributed by atoms with Gasteiger partial charge in [-0.2, -0.15) is 5.10 Å². The van der Waals surface area contributed by atoms with Crippen molar-refractivity contribution in [2.24, 2.45) is 0 Å². The average Bonchev–Trinajstić information content (AvgIpc) is 2.90. The Morgan fingerprint density at radius 3 is 2.84 bits per heavy atom. The van der Waals surface area contributed by atoms with Crippen LogP contribution in [0, 0.1) is 6.92 Å². The summed E-state index contributed by atoms with van der Waals surface area (Å²) in [5.74, 6) is 0.544. The second kappa shape index (κ2) is 7.18. The molecule has 2 aromatic heterocycles. The fraction of sp³-hybridized carbons (Fsp3) is 0.529. The maximum absolute atomic E-state index is 12.4. The fourth-order valence-electron chi connectivity index (χ4n) is 3.17. The molecule has 3 N–H and O–H groups in total. The zero-order chi connectivity index (χ0) is 18.0. The van der Waals surface area contributed by atoms with Crippen LogP contribution in [0.3, 0.4) is 0 Å². The number of methoxy groups -OCH3 is 1. The van der Waals surface area contributed by atoms with Crippen LogP contribution in [0.25, 0.3) is 0 Å². The van der Waals surface area contributed by atoms with Gasteiger partial charge in [0.2, 0.25) is 0 Å². The zero-order valence-electron chi connectivity index (χ0n) is 14.7. The molecule has 1 saturated carbocycles. The molecule has 0 radical (unpaired) electrons. The number of nitrogens with one attached hydrogen (secondary N) is 3. The molecular weight excluding hydrogens is 322 g/mol. The molecule has 0 aromatic carbocycles. The van der Waals surface area contributed by atoms with Gasteiger partial charge in [-0.05, 0) is 26.2 Å². The van der Waals surface area contributed by atoms with Crippen molar-refractivity contribution in [3.05, 3.63) is 44.9 Å². The Labute approximate surface area is 145 Å². The summed E-state index contributed by atoms with van der Waals surface area (Å²) in [6.07, 6.45) is 2.34. The highest BCUT2D eigenvalue weighted by molar-refractivity contribution is 5.94. The number of amides is 1. The molecule has 0 atom stereocenters. The van der Waals surface area contributed by atoms with Gasteiger partial charge in [-0.1, -0.05) is 6.92 Å². The highest BCUT2D eigenvalue weighted by Crippen LogP contribution is 2.35. The molecule has 3 rings (SSSR count). The van der Waals surface area contributed by atoms with Gasteiger partial charge in [-0.15, -0.1) is 0 Å². The molecule has 2 heterocycles. The third kappa shape index (κ3) is 3.63. The smallest absolute Gasteiger partial charge is 0.272 e. The molecule has 0 spiro atoms. The van der Waals surface area contributed by atoms with Crippen molar-refractivity contribution in [3.8, 4) is 0 Å². The lowest BCUT2D eigenvalue weighted by atomic mass is 9.78. The molecule has 0 saturated heterocycles. The predicted molar refractivity (Wildman–Crippen MR) is 91.5 cm³/mol. The van der Waals surface area contributed by atoms with E-state index in [0.29, 0.717) is 11.5 Å². The largest absolute Gasteiger partial charge is 0.377 e. The first kappa shape index (κ1) is 17.3. The first-order chi connectivity index (χ1) is 12.0. The molecule has 25 heavy (non-hydrogen) atoms. The second-order valence-corrected chi connectivity index (χ2v) is 6.42. The monoisotopic (exact) mass is 345 g/mol. The van der Waals surface area contributed by atoms with E-state index >= 15 is 0 Å². The van der Waals surface area contributed by atoms with Crippen LogP contribution in [0.4, 0.5) is 0 Å². The number of H-pyrrole nitrogens is 2. The Bertz CT molecular complexity index is 820. The van der Waals surface area contributed by atoms with E-state index in [1.54, 1.807) is 7.11 Å². The van der Waals surface area contributed by atoms with E-state index in [9.17, 15) is 9.59 Å². The molecule has 1 aliphatic carbocycles. The molecular formula is C17H23N5O3. The van der Waals surface area contributed by atoms with Crippen LogP contribution >= 0.6 is 0 Å². The van der Waals surface area contributed by atoms with E-state index in [1.165, 1.54) is 6.07 Å². The van der Waals surface area contributed by atoms with E-state index in [1.807, 2.05) is 13.8 Å². The normalized spacial score (nSPS) is 19.5. The fourth-order valence-corrected chi connectivity index (χ4v) is 3.17. The number of aromatic nitrogens is 4. The van der Waals surface area contributed by atoms with Crippen molar-refractivity contribution in [3.63, 3.8) is 0 Å². The summed E-state index contributed by atoms with van der Waals surface area (Å²) in [6, 6.07) is 1.60. The molecule has 2 aromatic rings. The van der Waals surface area contributed by atoms with Gasteiger partial charge in [0.05, 0.1) is 5.69 Å². The molecule has 1 amide bonds. The molecule has 1 aliphatic rings. The standard InChI is InChI=1S/C17H23N5O3/c1-4-12-9(2)16(22-21-12)17(24)18-11-5-10(6-11)13-7-15(23)20-14(19-13)8-25-3/h7,10-11H,4-6,8H2,1-3H3,(H,18,24)(H,21,22)(H,19,20,23). The van der Waals surface area contributed by atoms with E-state index in [2.05, 4.69) is 25.5 Å². The predicted octanol–water partition coefficient (Wildman–Crippen LogP) is 1.19. The van der Waals surface area contributed by atoms with Crippen LogP contribution in [-0.2, 0) is 17.8 Å². The van der Waals surface area contributed by atoms with Gasteiger partial charge < -0.3 is 15.0 Å². The number of carbonyl (C=O) groups is 1. The van der Waals surface area contributed by atoms with Gasteiger partial charge in [0, 0.05) is 36.4 Å². The summed E-state index contributed by atoms with van der Waals surface area (Å²) < 4.78 is 5.01. The maximum Gasteiger partial charge on any atom is 0.272 e. The number of ether oxygens (including phenoxy) is 1. The van der Waals surface area contributed by atoms with Crippen LogP contribution in [0.15, 0.2) is 10.9 Å². The topological polar surface area (TPSA) is 113 Å². The summed E-state index contributed by atoms with van der Waals surface area (Å²) in [4.78, 5) is 31.2. The van der Waals surface area contributed by atoms with Crippen LogP contribution in [0.1, 0.15) is 58.9 Å². The van der Waals surface area contributed by atoms with E-state index in [4.69, 9.17) is 4.74 Å². The Balaban J connectivity index is 1.60. The number of carbonyl (C=O) groups excluding carboxylic acids is 1. The molecule has 8 nitrogen and oxygen atoms in total. The number of rotatable bonds is 6. The first-order valence-electron chi connectivity index (χ1n) is 8.45. The highest BCUT2D eigenvalue weighted by Gasteiger charge is 2.33. The van der Waals surface area contributed by atoms with Gasteiger partial charge >= 0.3 is 0 Å². The minimum Gasteiger partial charge on any atom is -0.377 e. The molecule has 0 aliphatic heterocycles. The van der Waals surface area contributed by atoms with Crippen molar-refractivity contribution in [1.82, 2.24) is 25.5 Å². The summed E-state index contributed by atoms with van der Waals surface area (Å²) in [5, 5.41) is 10.0. The minimum absolute atomic E-state index is 0.0747. The lowest BCUT2D eigenvalue weighted by molar-refractivity contribution is 0.0902. The third-order valence-electron chi connectivity index (χ3n) is 4.66. The number of hydrogen-bond donors (Lipinski definition) is 3. The molecule has 8 heteroatoms. The molecule has 0 bridgehead atoms. The molecule has 134 valence electrons. The summed E-state index contributed by atoms with van der Waals surface area (Å²) in [6.45, 7) is 4.19. The molecule has 1 fully saturated rings. The number of aryl methyl sites for hydroxylation is 1. The lowest BCUT2D eigenvalue weighted by Gasteiger charge is -2.35. The zero-order valence-corrected chi connectivity index (χ0v) is 14.7. The third-order valence-corrected chi connectivity index (χ3v) is 4.66. The first-order valence-corrected chi connectivity index (χ1v) is 8.45. The highest BCUT2D eigenvalue weighted by atomic mass is 16.5. The Hall–Kier alpha value is -2.48. The van der Waals surface area contributed by atoms with Crippen LogP contribution in [0.2, 0.25) is 0 Å². The summed E-state index contributed by atoms with van der Waals surface area (Å²) in [5.41, 5.74) is 2.91. The van der Waals surface area contributed by atoms with Gasteiger partial charge in [-0.25, -0.2) is 4.98 Å². The lowest BCUT2D eigenvalue weighted by Crippen LogP contribution is -2.44. The van der Waals surface area contributed by atoms with Gasteiger partial charge in [-0.3, -0.25) is 14.7 Å². The summed E-state index contributed by atoms with van der Waals surface area (Å²) in [7, 11) is 1.56. The Morgan fingerprint density at radius 2 is 2.20 bits per heavy atom. The van der Waals surface area contributed by atoms with Crippen LogP contribution in [0.5, 0.6) is 0 Å². The van der Waals surface area contributed by atoms with Gasteiger partial charge in [0.25, 0.3) is 11.5 Å². The van der Waals surface area contributed by atoms with Gasteiger partial charge in [0.1, 0.15) is 12.4 Å². The van der Waals surface area contributed by atoms with Crippen molar-refractivity contribution in [2.45, 2.75) is 51.7 Å². The maximum atomic E-state index is 12.4. The van der Waals surface area contributed by atoms with E-state index in [-0.39, 0.29) is 30.0 Å². The number of nitrogens with zero attached hydrogens (tertiary/aromatic N) is 2. The van der Waals surface area contributed by atoms with Crippen molar-refractivity contribution < 1.29 is 9.53 Å².